The second kappa shape index (κ2) is 7.97. The lowest BCUT2D eigenvalue weighted by Gasteiger charge is -2.59. The van der Waals surface area contributed by atoms with Gasteiger partial charge in [0.2, 0.25) is 5.91 Å². The molecule has 0 radical (unpaired) electrons. The monoisotopic (exact) mass is 393 g/mol. The number of rotatable bonds is 6. The zero-order valence-corrected chi connectivity index (χ0v) is 17.3. The lowest BCUT2D eigenvalue weighted by molar-refractivity contribution is -0.180. The average molecular weight is 394 g/mol. The van der Waals surface area contributed by atoms with Crippen LogP contribution in [0.15, 0.2) is 18.2 Å². The molecule has 1 heterocycles. The first kappa shape index (κ1) is 21.0. The van der Waals surface area contributed by atoms with E-state index < -0.39 is 5.54 Å². The first-order chi connectivity index (χ1) is 13.2. The van der Waals surface area contributed by atoms with Crippen molar-refractivity contribution in [3.8, 4) is 5.75 Å². The normalized spacial score (nSPS) is 27.4. The summed E-state index contributed by atoms with van der Waals surface area (Å²) in [7, 11) is 1.46. The first-order valence-corrected chi connectivity index (χ1v) is 9.97. The fourth-order valence-electron chi connectivity index (χ4n) is 4.26. The van der Waals surface area contributed by atoms with Crippen molar-refractivity contribution in [2.75, 3.05) is 39.9 Å². The van der Waals surface area contributed by atoms with E-state index in [0.717, 1.165) is 18.7 Å². The highest BCUT2D eigenvalue weighted by Gasteiger charge is 2.63. The van der Waals surface area contributed by atoms with Crippen molar-refractivity contribution >= 4 is 5.91 Å². The Labute approximate surface area is 166 Å². The summed E-state index contributed by atoms with van der Waals surface area (Å²) in [6.07, 6.45) is 0.593. The molecular weight excluding hydrogens is 361 g/mol. The number of benzene rings is 1. The van der Waals surface area contributed by atoms with Crippen molar-refractivity contribution in [2.45, 2.75) is 45.4 Å². The molecule has 1 aromatic carbocycles. The summed E-state index contributed by atoms with van der Waals surface area (Å²) in [4.78, 5) is 17.2. The predicted molar refractivity (Wildman–Crippen MR) is 106 cm³/mol. The van der Waals surface area contributed by atoms with Crippen LogP contribution in [0.25, 0.3) is 0 Å². The van der Waals surface area contributed by atoms with Crippen molar-refractivity contribution in [2.24, 2.45) is 11.1 Å². The first-order valence-electron chi connectivity index (χ1n) is 9.97. The van der Waals surface area contributed by atoms with Crippen molar-refractivity contribution in [3.05, 3.63) is 29.6 Å². The number of carbonyl (C=O) groups excluding carboxylic acids is 1. The summed E-state index contributed by atoms with van der Waals surface area (Å²) < 4.78 is 24.6. The van der Waals surface area contributed by atoms with Gasteiger partial charge in [0, 0.05) is 51.2 Å². The number of amides is 1. The Hall–Kier alpha value is -1.70. The van der Waals surface area contributed by atoms with Gasteiger partial charge in [0.05, 0.1) is 13.2 Å². The molecule has 156 valence electrons. The van der Waals surface area contributed by atoms with Gasteiger partial charge in [-0.1, -0.05) is 19.9 Å². The highest BCUT2D eigenvalue weighted by atomic mass is 19.1. The summed E-state index contributed by atoms with van der Waals surface area (Å²) in [5.41, 5.74) is 6.19. The molecule has 28 heavy (non-hydrogen) atoms. The van der Waals surface area contributed by atoms with Crippen LogP contribution >= 0.6 is 0 Å². The number of ether oxygens (including phenoxy) is 2. The van der Waals surface area contributed by atoms with Gasteiger partial charge in [-0.05, 0) is 24.6 Å². The molecule has 6 nitrogen and oxygen atoms in total. The quantitative estimate of drug-likeness (QED) is 0.801. The van der Waals surface area contributed by atoms with E-state index in [1.54, 1.807) is 6.07 Å². The lowest BCUT2D eigenvalue weighted by atomic mass is 9.54. The predicted octanol–water partition coefficient (Wildman–Crippen LogP) is 2.01. The van der Waals surface area contributed by atoms with Gasteiger partial charge < -0.3 is 20.1 Å². The molecule has 3 rings (SSSR count). The smallest absolute Gasteiger partial charge is 0.243 e. The number of carbonyl (C=O) groups is 1. The molecule has 1 saturated heterocycles. The van der Waals surface area contributed by atoms with Gasteiger partial charge >= 0.3 is 0 Å². The minimum atomic E-state index is -0.867. The molecule has 0 bridgehead atoms. The van der Waals surface area contributed by atoms with Gasteiger partial charge in [0.1, 0.15) is 5.54 Å². The third-order valence-corrected chi connectivity index (χ3v) is 6.49. The fraction of sp³-hybridized carbons (Fsp3) is 0.667. The Morgan fingerprint density at radius 1 is 1.29 bits per heavy atom. The van der Waals surface area contributed by atoms with E-state index in [1.165, 1.54) is 13.2 Å². The molecule has 2 atom stereocenters. The van der Waals surface area contributed by atoms with E-state index in [9.17, 15) is 9.18 Å². The van der Waals surface area contributed by atoms with E-state index in [2.05, 4.69) is 4.90 Å². The number of piperazine rings is 1. The Kier molecular flexibility index (Phi) is 5.98. The van der Waals surface area contributed by atoms with Crippen LogP contribution in [0.2, 0.25) is 0 Å². The molecule has 0 spiro atoms. The van der Waals surface area contributed by atoms with Gasteiger partial charge in [-0.15, -0.1) is 0 Å². The molecule has 1 aliphatic carbocycles. The SMILES string of the molecule is CCOC1CC(N)(C(=O)N2CCN(Cc3ccc(OC)c(F)c3)CC2)C1(C)C. The second-order valence-electron chi connectivity index (χ2n) is 8.38. The molecule has 2 aliphatic rings. The van der Waals surface area contributed by atoms with Gasteiger partial charge in [-0.2, -0.15) is 0 Å². The van der Waals surface area contributed by atoms with Crippen molar-refractivity contribution in [1.29, 1.82) is 0 Å². The molecule has 2 unspecified atom stereocenters. The fourth-order valence-corrected chi connectivity index (χ4v) is 4.26. The maximum Gasteiger partial charge on any atom is 0.243 e. The van der Waals surface area contributed by atoms with Crippen LogP contribution in [0.1, 0.15) is 32.8 Å². The lowest BCUT2D eigenvalue weighted by Crippen LogP contribution is -2.76. The van der Waals surface area contributed by atoms with Crippen molar-refractivity contribution in [1.82, 2.24) is 9.80 Å². The number of nitrogens with zero attached hydrogens (tertiary/aromatic N) is 2. The molecule has 2 fully saturated rings. The number of hydrogen-bond acceptors (Lipinski definition) is 5. The van der Waals surface area contributed by atoms with E-state index in [0.29, 0.717) is 32.7 Å². The minimum absolute atomic E-state index is 0.0172. The van der Waals surface area contributed by atoms with Crippen LogP contribution in [-0.2, 0) is 16.1 Å². The molecule has 1 saturated carbocycles. The number of nitrogens with two attached hydrogens (primary N) is 1. The standard InChI is InChI=1S/C21H32FN3O3/c1-5-28-18-13-21(23,20(18,2)3)19(26)25-10-8-24(9-11-25)14-15-6-7-17(27-4)16(22)12-15/h6-7,12,18H,5,8-11,13-14,23H2,1-4H3. The molecule has 1 aliphatic heterocycles. The third-order valence-electron chi connectivity index (χ3n) is 6.49. The molecule has 2 N–H and O–H groups in total. The molecular formula is C21H32FN3O3. The number of halogens is 1. The Bertz CT molecular complexity index is 719. The second-order valence-corrected chi connectivity index (χ2v) is 8.38. The Morgan fingerprint density at radius 2 is 1.96 bits per heavy atom. The Balaban J connectivity index is 1.55. The van der Waals surface area contributed by atoms with Crippen LogP contribution in [0.4, 0.5) is 4.39 Å². The van der Waals surface area contributed by atoms with Crippen LogP contribution in [0.3, 0.4) is 0 Å². The van der Waals surface area contributed by atoms with E-state index in [1.807, 2.05) is 31.7 Å². The topological polar surface area (TPSA) is 68.0 Å². The summed E-state index contributed by atoms with van der Waals surface area (Å²) in [5, 5.41) is 0. The van der Waals surface area contributed by atoms with Gasteiger partial charge in [-0.3, -0.25) is 9.69 Å². The largest absolute Gasteiger partial charge is 0.494 e. The Morgan fingerprint density at radius 3 is 2.50 bits per heavy atom. The number of hydrogen-bond donors (Lipinski definition) is 1. The van der Waals surface area contributed by atoms with Crippen LogP contribution < -0.4 is 10.5 Å². The van der Waals surface area contributed by atoms with Gasteiger partial charge in [0.25, 0.3) is 0 Å². The highest BCUT2D eigenvalue weighted by Crippen LogP contribution is 2.50. The zero-order valence-electron chi connectivity index (χ0n) is 17.3. The molecule has 1 aromatic rings. The summed E-state index contributed by atoms with van der Waals surface area (Å²) in [6.45, 7) is 10.0. The van der Waals surface area contributed by atoms with Gasteiger partial charge in [-0.25, -0.2) is 4.39 Å². The zero-order chi connectivity index (χ0) is 20.5. The minimum Gasteiger partial charge on any atom is -0.494 e. The molecule has 0 aromatic heterocycles. The van der Waals surface area contributed by atoms with Crippen molar-refractivity contribution < 1.29 is 18.7 Å². The van der Waals surface area contributed by atoms with Gasteiger partial charge in [0.15, 0.2) is 11.6 Å². The summed E-state index contributed by atoms with van der Waals surface area (Å²) in [5.74, 6) is -0.0839. The molecule has 1 amide bonds. The maximum atomic E-state index is 13.9. The number of methoxy groups -OCH3 is 1. The van der Waals surface area contributed by atoms with Crippen LogP contribution in [0.5, 0.6) is 5.75 Å². The van der Waals surface area contributed by atoms with Crippen LogP contribution in [0, 0.1) is 11.2 Å². The third kappa shape index (κ3) is 3.63. The van der Waals surface area contributed by atoms with Crippen molar-refractivity contribution in [3.63, 3.8) is 0 Å². The van der Waals surface area contributed by atoms with E-state index in [4.69, 9.17) is 15.2 Å². The van der Waals surface area contributed by atoms with E-state index >= 15 is 0 Å². The highest BCUT2D eigenvalue weighted by molar-refractivity contribution is 5.89. The van der Waals surface area contributed by atoms with Crippen LogP contribution in [-0.4, -0.2) is 67.2 Å². The van der Waals surface area contributed by atoms with E-state index in [-0.39, 0.29) is 29.0 Å². The summed E-state index contributed by atoms with van der Waals surface area (Å²) >= 11 is 0. The molecule has 7 heteroatoms. The summed E-state index contributed by atoms with van der Waals surface area (Å²) in [6, 6.07) is 5.03. The maximum absolute atomic E-state index is 13.9. The average Bonchev–Trinajstić information content (AvgIpc) is 2.68.